The first-order chi connectivity index (χ1) is 14.3. The van der Waals surface area contributed by atoms with Crippen molar-refractivity contribution in [1.29, 1.82) is 0 Å². The van der Waals surface area contributed by atoms with Crippen LogP contribution in [0.1, 0.15) is 35.2 Å². The standard InChI is InChI=1S/C20H21ClN4O4S/c1-13-5-6-14(11-16(13)21)24-30(27,28)18-8-7-17(29-18)19-15(12-22-23-19)20(26)25-9-3-2-4-10-25/h5-8,11-12,24H,2-4,9-10H2,1H3,(H,22,23). The molecule has 2 aromatic heterocycles. The third-order valence-electron chi connectivity index (χ3n) is 5.03. The Hall–Kier alpha value is -2.78. The molecule has 10 heteroatoms. The minimum atomic E-state index is -3.97. The smallest absolute Gasteiger partial charge is 0.295 e. The van der Waals surface area contributed by atoms with Crippen LogP contribution in [0.15, 0.2) is 46.0 Å². The van der Waals surface area contributed by atoms with E-state index in [0.29, 0.717) is 35.1 Å². The lowest BCUT2D eigenvalue weighted by atomic mass is 10.1. The normalized spacial score (nSPS) is 14.7. The van der Waals surface area contributed by atoms with E-state index >= 15 is 0 Å². The van der Waals surface area contributed by atoms with Crippen molar-refractivity contribution in [1.82, 2.24) is 15.1 Å². The van der Waals surface area contributed by atoms with Gasteiger partial charge >= 0.3 is 0 Å². The van der Waals surface area contributed by atoms with Gasteiger partial charge in [0.2, 0.25) is 5.09 Å². The zero-order valence-corrected chi connectivity index (χ0v) is 17.9. The molecule has 1 fully saturated rings. The molecule has 1 aliphatic heterocycles. The van der Waals surface area contributed by atoms with Crippen LogP contribution in [0.2, 0.25) is 5.02 Å². The van der Waals surface area contributed by atoms with E-state index in [0.717, 1.165) is 24.8 Å². The highest BCUT2D eigenvalue weighted by Gasteiger charge is 2.26. The Kier molecular flexibility index (Phi) is 5.57. The summed E-state index contributed by atoms with van der Waals surface area (Å²) in [6.45, 7) is 3.22. The maximum atomic E-state index is 12.8. The highest BCUT2D eigenvalue weighted by molar-refractivity contribution is 7.92. The van der Waals surface area contributed by atoms with E-state index in [9.17, 15) is 13.2 Å². The largest absolute Gasteiger partial charge is 0.441 e. The Bertz CT molecular complexity index is 1180. The van der Waals surface area contributed by atoms with E-state index in [2.05, 4.69) is 14.9 Å². The lowest BCUT2D eigenvalue weighted by Crippen LogP contribution is -2.35. The predicted octanol–water partition coefficient (Wildman–Crippen LogP) is 4.06. The summed E-state index contributed by atoms with van der Waals surface area (Å²) in [5.74, 6) is 0.0712. The molecule has 3 aromatic rings. The van der Waals surface area contributed by atoms with Gasteiger partial charge in [0.15, 0.2) is 5.76 Å². The average molecular weight is 449 g/mol. The molecule has 3 heterocycles. The number of aromatic amines is 1. The Morgan fingerprint density at radius 2 is 1.97 bits per heavy atom. The van der Waals surface area contributed by atoms with Gasteiger partial charge in [-0.15, -0.1) is 0 Å². The number of sulfonamides is 1. The first-order valence-electron chi connectivity index (χ1n) is 9.57. The minimum absolute atomic E-state index is 0.147. The Morgan fingerprint density at radius 3 is 2.70 bits per heavy atom. The molecule has 2 N–H and O–H groups in total. The van der Waals surface area contributed by atoms with Gasteiger partial charge in [0.05, 0.1) is 17.4 Å². The monoisotopic (exact) mass is 448 g/mol. The minimum Gasteiger partial charge on any atom is -0.441 e. The molecule has 158 valence electrons. The van der Waals surface area contributed by atoms with E-state index in [-0.39, 0.29) is 16.8 Å². The summed E-state index contributed by atoms with van der Waals surface area (Å²) in [6.07, 6.45) is 4.49. The molecule has 1 aromatic carbocycles. The number of hydrogen-bond acceptors (Lipinski definition) is 5. The van der Waals surface area contributed by atoms with Crippen LogP contribution in [-0.2, 0) is 10.0 Å². The first-order valence-corrected chi connectivity index (χ1v) is 11.4. The molecule has 1 saturated heterocycles. The van der Waals surface area contributed by atoms with Gasteiger partial charge in [-0.05, 0) is 56.0 Å². The molecule has 1 aliphatic rings. The van der Waals surface area contributed by atoms with Gasteiger partial charge in [0.1, 0.15) is 5.69 Å². The van der Waals surface area contributed by atoms with Gasteiger partial charge < -0.3 is 9.32 Å². The number of piperidine rings is 1. The maximum absolute atomic E-state index is 12.8. The second-order valence-corrected chi connectivity index (χ2v) is 9.22. The molecule has 0 spiro atoms. The molecule has 8 nitrogen and oxygen atoms in total. The number of likely N-dealkylation sites (tertiary alicyclic amines) is 1. The van der Waals surface area contributed by atoms with Crippen LogP contribution in [-0.4, -0.2) is 42.5 Å². The van der Waals surface area contributed by atoms with Gasteiger partial charge in [-0.1, -0.05) is 17.7 Å². The summed E-state index contributed by atoms with van der Waals surface area (Å²) in [5, 5.41) is 6.88. The number of H-pyrrole nitrogens is 1. The van der Waals surface area contributed by atoms with Crippen molar-refractivity contribution in [3.05, 3.63) is 52.7 Å². The molecule has 0 bridgehead atoms. The molecule has 0 aliphatic carbocycles. The van der Waals surface area contributed by atoms with Crippen LogP contribution < -0.4 is 4.72 Å². The van der Waals surface area contributed by atoms with Crippen molar-refractivity contribution < 1.29 is 17.6 Å². The van der Waals surface area contributed by atoms with Crippen molar-refractivity contribution in [2.24, 2.45) is 0 Å². The van der Waals surface area contributed by atoms with Crippen LogP contribution >= 0.6 is 11.6 Å². The van der Waals surface area contributed by atoms with Crippen molar-refractivity contribution >= 4 is 33.2 Å². The van der Waals surface area contributed by atoms with E-state index in [1.165, 1.54) is 24.4 Å². The number of anilines is 1. The SMILES string of the molecule is Cc1ccc(NS(=O)(=O)c2ccc(-c3[nH]ncc3C(=O)N3CCCCC3)o2)cc1Cl. The molecule has 0 unspecified atom stereocenters. The number of furan rings is 1. The predicted molar refractivity (Wildman–Crippen MR) is 113 cm³/mol. The lowest BCUT2D eigenvalue weighted by molar-refractivity contribution is 0.0725. The van der Waals surface area contributed by atoms with Gasteiger partial charge in [-0.25, -0.2) is 0 Å². The molecule has 30 heavy (non-hydrogen) atoms. The van der Waals surface area contributed by atoms with Crippen LogP contribution in [0.4, 0.5) is 5.69 Å². The van der Waals surface area contributed by atoms with Gasteiger partial charge in [0.25, 0.3) is 15.9 Å². The average Bonchev–Trinajstić information content (AvgIpc) is 3.40. The zero-order valence-electron chi connectivity index (χ0n) is 16.3. The number of carbonyl (C=O) groups excluding carboxylic acids is 1. The molecular formula is C20H21ClN4O4S. The lowest BCUT2D eigenvalue weighted by Gasteiger charge is -2.26. The fourth-order valence-corrected chi connectivity index (χ4v) is 4.53. The Balaban J connectivity index is 1.58. The number of benzene rings is 1. The fraction of sp³-hybridized carbons (Fsp3) is 0.300. The van der Waals surface area contributed by atoms with Gasteiger partial charge in [-0.2, -0.15) is 13.5 Å². The van der Waals surface area contributed by atoms with Crippen molar-refractivity contribution in [3.63, 3.8) is 0 Å². The molecule has 0 saturated carbocycles. The number of carbonyl (C=O) groups is 1. The number of amides is 1. The topological polar surface area (TPSA) is 108 Å². The molecule has 1 amide bonds. The number of halogens is 1. The molecule has 4 rings (SSSR count). The summed E-state index contributed by atoms with van der Waals surface area (Å²) >= 11 is 6.07. The summed E-state index contributed by atoms with van der Waals surface area (Å²) in [4.78, 5) is 14.6. The van der Waals surface area contributed by atoms with Crippen molar-refractivity contribution in [2.45, 2.75) is 31.3 Å². The number of aryl methyl sites for hydroxylation is 1. The molecular weight excluding hydrogens is 428 g/mol. The third kappa shape index (κ3) is 4.08. The number of nitrogens with zero attached hydrogens (tertiary/aromatic N) is 2. The van der Waals surface area contributed by atoms with E-state index < -0.39 is 10.0 Å². The maximum Gasteiger partial charge on any atom is 0.295 e. The van der Waals surface area contributed by atoms with Crippen LogP contribution in [0.5, 0.6) is 0 Å². The van der Waals surface area contributed by atoms with Crippen molar-refractivity contribution in [3.8, 4) is 11.5 Å². The highest BCUT2D eigenvalue weighted by Crippen LogP contribution is 2.29. The van der Waals surface area contributed by atoms with Gasteiger partial charge in [0, 0.05) is 18.1 Å². The van der Waals surface area contributed by atoms with Crippen LogP contribution in [0.25, 0.3) is 11.5 Å². The molecule has 0 radical (unpaired) electrons. The number of rotatable bonds is 5. The second kappa shape index (κ2) is 8.16. The van der Waals surface area contributed by atoms with Gasteiger partial charge in [-0.3, -0.25) is 14.6 Å². The zero-order chi connectivity index (χ0) is 21.3. The first kappa shape index (κ1) is 20.5. The Labute approximate surface area is 179 Å². The Morgan fingerprint density at radius 1 is 1.20 bits per heavy atom. The van der Waals surface area contributed by atoms with E-state index in [4.69, 9.17) is 16.0 Å². The van der Waals surface area contributed by atoms with E-state index in [1.807, 2.05) is 6.92 Å². The fourth-order valence-electron chi connectivity index (χ4n) is 3.36. The van der Waals surface area contributed by atoms with Crippen molar-refractivity contribution in [2.75, 3.05) is 17.8 Å². The summed E-state index contributed by atoms with van der Waals surface area (Å²) in [6, 6.07) is 7.70. The highest BCUT2D eigenvalue weighted by atomic mass is 35.5. The number of hydrogen-bond donors (Lipinski definition) is 2. The number of nitrogens with one attached hydrogen (secondary N) is 2. The molecule has 0 atom stereocenters. The quantitative estimate of drug-likeness (QED) is 0.611. The second-order valence-electron chi connectivity index (χ2n) is 7.20. The van der Waals surface area contributed by atoms with E-state index in [1.54, 1.807) is 17.0 Å². The summed E-state index contributed by atoms with van der Waals surface area (Å²) < 4.78 is 33.4. The summed E-state index contributed by atoms with van der Waals surface area (Å²) in [5.41, 5.74) is 1.87. The number of aromatic nitrogens is 2. The third-order valence-corrected chi connectivity index (χ3v) is 6.69. The van der Waals surface area contributed by atoms with Crippen LogP contribution in [0.3, 0.4) is 0 Å². The summed E-state index contributed by atoms with van der Waals surface area (Å²) in [7, 11) is -3.97. The van der Waals surface area contributed by atoms with Crippen LogP contribution in [0, 0.1) is 6.92 Å².